The second-order valence-electron chi connectivity index (χ2n) is 7.57. The smallest absolute Gasteiger partial charge is 0.303 e. The summed E-state index contributed by atoms with van der Waals surface area (Å²) in [4.78, 5) is 11.1. The van der Waals surface area contributed by atoms with Crippen molar-refractivity contribution in [1.29, 1.82) is 0 Å². The Morgan fingerprint density at radius 3 is 2.31 bits per heavy atom. The lowest BCUT2D eigenvalue weighted by Crippen LogP contribution is -2.13. The van der Waals surface area contributed by atoms with Crippen LogP contribution in [0.5, 0.6) is 11.5 Å². The van der Waals surface area contributed by atoms with Crippen LogP contribution in [0.3, 0.4) is 0 Å². The number of carboxylic acid groups (broad SMARTS) is 1. The van der Waals surface area contributed by atoms with Crippen LogP contribution in [0.2, 0.25) is 0 Å². The van der Waals surface area contributed by atoms with Crippen molar-refractivity contribution in [2.24, 2.45) is 0 Å². The molecule has 0 aliphatic carbocycles. The number of aryl methyl sites for hydroxylation is 2. The Bertz CT molecular complexity index is 1440. The topological polar surface area (TPSA) is 117 Å². The average Bonchev–Trinajstić information content (AvgIpc) is 3.11. The van der Waals surface area contributed by atoms with Gasteiger partial charge < -0.3 is 15.3 Å². The maximum atomic E-state index is 13.8. The molecule has 0 radical (unpaired) electrons. The molecule has 1 aromatic heterocycles. The Hall–Kier alpha value is -3.78. The van der Waals surface area contributed by atoms with E-state index in [9.17, 15) is 23.4 Å². The van der Waals surface area contributed by atoms with Gasteiger partial charge in [-0.25, -0.2) is 12.4 Å². The number of aliphatic carboxylic acids is 1. The molecule has 1 heterocycles. The van der Waals surface area contributed by atoms with Crippen molar-refractivity contribution in [3.63, 3.8) is 0 Å². The zero-order chi connectivity index (χ0) is 23.0. The van der Waals surface area contributed by atoms with Crippen molar-refractivity contribution < 1.29 is 28.5 Å². The van der Waals surface area contributed by atoms with Crippen LogP contribution < -0.4 is 0 Å². The summed E-state index contributed by atoms with van der Waals surface area (Å²) in [7, 11) is -4.13. The van der Waals surface area contributed by atoms with E-state index in [4.69, 9.17) is 5.11 Å². The van der Waals surface area contributed by atoms with E-state index >= 15 is 0 Å². The number of rotatable bonds is 6. The van der Waals surface area contributed by atoms with Crippen LogP contribution in [0.15, 0.2) is 71.8 Å². The lowest BCUT2D eigenvalue weighted by atomic mass is 10.0. The van der Waals surface area contributed by atoms with Gasteiger partial charge in [-0.2, -0.15) is 0 Å². The van der Waals surface area contributed by atoms with Gasteiger partial charge >= 0.3 is 5.97 Å². The first-order chi connectivity index (χ1) is 15.2. The molecule has 0 saturated heterocycles. The summed E-state index contributed by atoms with van der Waals surface area (Å²) < 4.78 is 28.6. The van der Waals surface area contributed by atoms with Crippen LogP contribution in [0.1, 0.15) is 17.5 Å². The zero-order valence-electron chi connectivity index (χ0n) is 17.2. The van der Waals surface area contributed by atoms with E-state index in [-0.39, 0.29) is 23.3 Å². The lowest BCUT2D eigenvalue weighted by molar-refractivity contribution is -0.136. The number of phenols is 2. The van der Waals surface area contributed by atoms with Gasteiger partial charge in [-0.3, -0.25) is 4.79 Å². The molecule has 164 valence electrons. The number of fused-ring (bicyclic) bond motifs is 1. The third kappa shape index (κ3) is 3.80. The Morgan fingerprint density at radius 1 is 0.969 bits per heavy atom. The van der Waals surface area contributed by atoms with Gasteiger partial charge in [-0.15, -0.1) is 0 Å². The molecule has 0 bridgehead atoms. The first kappa shape index (κ1) is 21.5. The van der Waals surface area contributed by atoms with Gasteiger partial charge in [-0.05, 0) is 36.6 Å². The molecule has 0 spiro atoms. The van der Waals surface area contributed by atoms with E-state index < -0.39 is 27.5 Å². The number of carbonyl (C=O) groups is 1. The third-order valence-corrected chi connectivity index (χ3v) is 7.08. The molecule has 4 aromatic rings. The summed E-state index contributed by atoms with van der Waals surface area (Å²) in [5.74, 6) is -1.91. The summed E-state index contributed by atoms with van der Waals surface area (Å²) in [5, 5.41) is 29.4. The lowest BCUT2D eigenvalue weighted by Gasteiger charge is -2.13. The van der Waals surface area contributed by atoms with Crippen LogP contribution >= 0.6 is 0 Å². The highest BCUT2D eigenvalue weighted by Crippen LogP contribution is 2.37. The number of hydrogen-bond acceptors (Lipinski definition) is 5. The molecular formula is C24H21NO6S. The highest BCUT2D eigenvalue weighted by atomic mass is 32.2. The number of phenolic OH excluding ortho intramolecular Hbond substituents is 2. The number of aromatic hydroxyl groups is 2. The molecule has 0 aliphatic rings. The van der Waals surface area contributed by atoms with Crippen LogP contribution in [0, 0.1) is 6.92 Å². The fourth-order valence-electron chi connectivity index (χ4n) is 3.69. The highest BCUT2D eigenvalue weighted by Gasteiger charge is 2.25. The van der Waals surface area contributed by atoms with E-state index in [0.717, 1.165) is 15.1 Å². The number of aromatic nitrogens is 1. The van der Waals surface area contributed by atoms with Crippen LogP contribution in [0.25, 0.3) is 22.0 Å². The van der Waals surface area contributed by atoms with Gasteiger partial charge in [0.2, 0.25) is 0 Å². The van der Waals surface area contributed by atoms with Gasteiger partial charge in [0.15, 0.2) is 11.5 Å². The Balaban J connectivity index is 1.94. The maximum Gasteiger partial charge on any atom is 0.303 e. The highest BCUT2D eigenvalue weighted by molar-refractivity contribution is 7.90. The zero-order valence-corrected chi connectivity index (χ0v) is 18.0. The minimum Gasteiger partial charge on any atom is -0.504 e. The quantitative estimate of drug-likeness (QED) is 0.377. The fraction of sp³-hybridized carbons (Fsp3) is 0.125. The molecule has 0 unspecified atom stereocenters. The van der Waals surface area contributed by atoms with E-state index in [0.29, 0.717) is 16.5 Å². The van der Waals surface area contributed by atoms with Crippen molar-refractivity contribution >= 4 is 26.9 Å². The van der Waals surface area contributed by atoms with Crippen LogP contribution in [0.4, 0.5) is 0 Å². The van der Waals surface area contributed by atoms with Gasteiger partial charge in [0.1, 0.15) is 0 Å². The fourth-order valence-corrected chi connectivity index (χ4v) is 5.30. The first-order valence-electron chi connectivity index (χ1n) is 9.88. The molecule has 32 heavy (non-hydrogen) atoms. The van der Waals surface area contributed by atoms with Crippen LogP contribution in [-0.2, 0) is 21.2 Å². The van der Waals surface area contributed by atoms with E-state index in [2.05, 4.69) is 0 Å². The van der Waals surface area contributed by atoms with Gasteiger partial charge in [0.05, 0.1) is 10.4 Å². The molecule has 7 nitrogen and oxygen atoms in total. The van der Waals surface area contributed by atoms with E-state index in [1.54, 1.807) is 18.2 Å². The third-order valence-electron chi connectivity index (χ3n) is 5.34. The molecule has 0 aliphatic heterocycles. The van der Waals surface area contributed by atoms with E-state index in [1.807, 2.05) is 31.2 Å². The van der Waals surface area contributed by atoms with Crippen LogP contribution in [-0.4, -0.2) is 33.7 Å². The standard InChI is InChI=1S/C24H21NO6S/c1-15-6-8-16(9-7-15)18-4-2-3-5-23(18)32(30,31)25-14-17(10-11-24(28)29)19-12-21(26)22(27)13-20(19)25/h2-9,12-14,26-27H,10-11H2,1H3,(H,28,29). The predicted molar refractivity (Wildman–Crippen MR) is 120 cm³/mol. The first-order valence-corrected chi connectivity index (χ1v) is 11.3. The minimum atomic E-state index is -4.13. The second-order valence-corrected chi connectivity index (χ2v) is 9.35. The monoisotopic (exact) mass is 451 g/mol. The summed E-state index contributed by atoms with van der Waals surface area (Å²) in [6.07, 6.45) is 1.21. The molecule has 3 aromatic carbocycles. The van der Waals surface area contributed by atoms with Crippen molar-refractivity contribution in [3.8, 4) is 22.6 Å². The summed E-state index contributed by atoms with van der Waals surface area (Å²) >= 11 is 0. The Kier molecular flexibility index (Phi) is 5.40. The van der Waals surface area contributed by atoms with Gasteiger partial charge in [0.25, 0.3) is 10.0 Å². The normalized spacial score (nSPS) is 11.7. The minimum absolute atomic E-state index is 0.0676. The Morgan fingerprint density at radius 2 is 1.62 bits per heavy atom. The largest absolute Gasteiger partial charge is 0.504 e. The number of nitrogens with zero attached hydrogens (tertiary/aromatic N) is 1. The second kappa shape index (κ2) is 8.05. The number of benzene rings is 3. The molecule has 0 amide bonds. The van der Waals surface area contributed by atoms with E-state index in [1.165, 1.54) is 24.4 Å². The SMILES string of the molecule is Cc1ccc(-c2ccccc2S(=O)(=O)n2cc(CCC(=O)O)c3cc(O)c(O)cc32)cc1. The molecule has 0 fully saturated rings. The van der Waals surface area contributed by atoms with Crippen molar-refractivity contribution in [2.45, 2.75) is 24.7 Å². The summed E-state index contributed by atoms with van der Waals surface area (Å²) in [6, 6.07) is 16.5. The van der Waals surface area contributed by atoms with Gasteiger partial charge in [-0.1, -0.05) is 48.0 Å². The number of hydrogen-bond donors (Lipinski definition) is 3. The molecule has 0 atom stereocenters. The van der Waals surface area contributed by atoms with Crippen molar-refractivity contribution in [2.75, 3.05) is 0 Å². The van der Waals surface area contributed by atoms with Crippen molar-refractivity contribution in [3.05, 3.63) is 78.0 Å². The predicted octanol–water partition coefficient (Wildman–Crippen LogP) is 4.28. The number of carboxylic acids is 1. The molecule has 8 heteroatoms. The summed E-state index contributed by atoms with van der Waals surface area (Å²) in [6.45, 7) is 1.94. The molecular weight excluding hydrogens is 430 g/mol. The molecule has 0 saturated carbocycles. The average molecular weight is 452 g/mol. The van der Waals surface area contributed by atoms with Gasteiger partial charge in [0, 0.05) is 29.6 Å². The van der Waals surface area contributed by atoms with Crippen molar-refractivity contribution in [1.82, 2.24) is 3.97 Å². The Labute approximate surface area is 184 Å². The molecule has 4 rings (SSSR count). The molecule has 3 N–H and O–H groups in total. The summed E-state index contributed by atoms with van der Waals surface area (Å²) in [5.41, 5.74) is 2.89. The maximum absolute atomic E-state index is 13.8.